The smallest absolute Gasteiger partial charge is 0.398 e. The molecule has 4 nitrogen and oxygen atoms in total. The van der Waals surface area contributed by atoms with Crippen molar-refractivity contribution in [2.45, 2.75) is 45.5 Å². The second-order valence-electron chi connectivity index (χ2n) is 5.46. The standard InChI is InChI=1S/C12H17BBrNO3/c1-11(2)12(3,4)18-13(17-11)10-9(14)5-8(7-16)6-15-10/h5-6,16H,7H2,1-4H3. The lowest BCUT2D eigenvalue weighted by Crippen LogP contribution is -2.41. The molecule has 0 amide bonds. The Morgan fingerprint density at radius 2 is 1.83 bits per heavy atom. The summed E-state index contributed by atoms with van der Waals surface area (Å²) in [7, 11) is -0.489. The molecule has 1 saturated heterocycles. The number of hydrogen-bond acceptors (Lipinski definition) is 4. The van der Waals surface area contributed by atoms with E-state index in [-0.39, 0.29) is 17.8 Å². The number of pyridine rings is 1. The highest BCUT2D eigenvalue weighted by Crippen LogP contribution is 2.36. The van der Waals surface area contributed by atoms with Crippen molar-refractivity contribution >= 4 is 28.6 Å². The Hall–Kier alpha value is -0.425. The van der Waals surface area contributed by atoms with Crippen LogP contribution < -0.4 is 5.59 Å². The Bertz CT molecular complexity index is 449. The van der Waals surface area contributed by atoms with Gasteiger partial charge >= 0.3 is 7.12 Å². The van der Waals surface area contributed by atoms with Crippen LogP contribution in [0.1, 0.15) is 33.3 Å². The summed E-state index contributed by atoms with van der Waals surface area (Å²) in [5.41, 5.74) is 0.691. The topological polar surface area (TPSA) is 51.6 Å². The summed E-state index contributed by atoms with van der Waals surface area (Å²) < 4.78 is 12.6. The van der Waals surface area contributed by atoms with Crippen molar-refractivity contribution in [1.82, 2.24) is 4.98 Å². The summed E-state index contributed by atoms with van der Waals surface area (Å²) in [4.78, 5) is 4.31. The van der Waals surface area contributed by atoms with Gasteiger partial charge in [0, 0.05) is 10.7 Å². The minimum absolute atomic E-state index is 0.0325. The van der Waals surface area contributed by atoms with Crippen molar-refractivity contribution in [3.63, 3.8) is 0 Å². The molecule has 1 aromatic heterocycles. The summed E-state index contributed by atoms with van der Waals surface area (Å²) >= 11 is 3.44. The summed E-state index contributed by atoms with van der Waals surface area (Å²) in [6.07, 6.45) is 1.63. The third kappa shape index (κ3) is 2.34. The normalized spacial score (nSPS) is 21.3. The van der Waals surface area contributed by atoms with Crippen LogP contribution in [0.25, 0.3) is 0 Å². The Labute approximate surface area is 116 Å². The first-order valence-corrected chi connectivity index (χ1v) is 6.67. The van der Waals surface area contributed by atoms with Crippen molar-refractivity contribution in [3.8, 4) is 0 Å². The van der Waals surface area contributed by atoms with Gasteiger partial charge in [-0.1, -0.05) is 0 Å². The van der Waals surface area contributed by atoms with Gasteiger partial charge in [-0.3, -0.25) is 4.98 Å². The molecule has 0 atom stereocenters. The molecule has 2 heterocycles. The Morgan fingerprint density at radius 1 is 1.28 bits per heavy atom. The van der Waals surface area contributed by atoms with Gasteiger partial charge in [0.2, 0.25) is 0 Å². The molecule has 1 aliphatic rings. The number of halogens is 1. The van der Waals surface area contributed by atoms with Crippen LogP contribution in [-0.2, 0) is 15.9 Å². The van der Waals surface area contributed by atoms with E-state index in [2.05, 4.69) is 20.9 Å². The van der Waals surface area contributed by atoms with Crippen molar-refractivity contribution in [1.29, 1.82) is 0 Å². The third-order valence-corrected chi connectivity index (χ3v) is 4.22. The zero-order chi connectivity index (χ0) is 13.6. The highest BCUT2D eigenvalue weighted by atomic mass is 79.9. The van der Waals surface area contributed by atoms with Crippen LogP contribution in [0.3, 0.4) is 0 Å². The fraction of sp³-hybridized carbons (Fsp3) is 0.583. The molecule has 1 fully saturated rings. The molecule has 98 valence electrons. The van der Waals surface area contributed by atoms with Gasteiger partial charge in [0.1, 0.15) is 0 Å². The van der Waals surface area contributed by atoms with Gasteiger partial charge in [-0.2, -0.15) is 0 Å². The molecule has 1 aromatic rings. The quantitative estimate of drug-likeness (QED) is 0.843. The minimum Gasteiger partial charge on any atom is -0.398 e. The molecular formula is C12H17BBrNO3. The first-order chi connectivity index (χ1) is 8.27. The zero-order valence-electron chi connectivity index (χ0n) is 11.0. The summed E-state index contributed by atoms with van der Waals surface area (Å²) in [6, 6.07) is 1.83. The summed E-state index contributed by atoms with van der Waals surface area (Å²) in [5.74, 6) is 0. The van der Waals surface area contributed by atoms with Gasteiger partial charge in [0.25, 0.3) is 0 Å². The number of aromatic nitrogens is 1. The predicted octanol–water partition coefficient (Wildman–Crippen LogP) is 1.64. The first-order valence-electron chi connectivity index (χ1n) is 5.87. The predicted molar refractivity (Wildman–Crippen MR) is 73.6 cm³/mol. The molecule has 2 rings (SSSR count). The van der Waals surface area contributed by atoms with Gasteiger partial charge in [-0.25, -0.2) is 0 Å². The Morgan fingerprint density at radius 3 is 2.28 bits per heavy atom. The molecule has 0 bridgehead atoms. The van der Waals surface area contributed by atoms with E-state index in [0.717, 1.165) is 10.0 Å². The molecule has 0 saturated carbocycles. The number of nitrogens with zero attached hydrogens (tertiary/aromatic N) is 1. The van der Waals surface area contributed by atoms with E-state index in [0.29, 0.717) is 5.59 Å². The molecule has 0 spiro atoms. The molecule has 18 heavy (non-hydrogen) atoms. The van der Waals surface area contributed by atoms with E-state index in [1.807, 2.05) is 33.8 Å². The average molecular weight is 314 g/mol. The SMILES string of the molecule is CC1(C)OB(c2ncc(CO)cc2Br)OC1(C)C. The second-order valence-corrected chi connectivity index (χ2v) is 6.31. The van der Waals surface area contributed by atoms with Gasteiger partial charge < -0.3 is 14.4 Å². The molecule has 1 N–H and O–H groups in total. The van der Waals surface area contributed by atoms with E-state index in [1.165, 1.54) is 0 Å². The fourth-order valence-electron chi connectivity index (χ4n) is 1.70. The zero-order valence-corrected chi connectivity index (χ0v) is 12.6. The molecular weight excluding hydrogens is 297 g/mol. The van der Waals surface area contributed by atoms with Crippen LogP contribution in [-0.4, -0.2) is 28.4 Å². The van der Waals surface area contributed by atoms with Crippen LogP contribution in [0.2, 0.25) is 0 Å². The largest absolute Gasteiger partial charge is 0.515 e. The van der Waals surface area contributed by atoms with Crippen molar-refractivity contribution in [2.24, 2.45) is 0 Å². The van der Waals surface area contributed by atoms with E-state index >= 15 is 0 Å². The summed E-state index contributed by atoms with van der Waals surface area (Å²) in [6.45, 7) is 7.98. The van der Waals surface area contributed by atoms with Crippen LogP contribution >= 0.6 is 15.9 Å². The fourth-order valence-corrected chi connectivity index (χ4v) is 2.29. The molecule has 0 radical (unpaired) electrons. The highest BCUT2D eigenvalue weighted by Gasteiger charge is 2.52. The number of aliphatic hydroxyl groups is 1. The number of hydrogen-bond donors (Lipinski definition) is 1. The maximum absolute atomic E-state index is 9.06. The second kappa shape index (κ2) is 4.60. The van der Waals surface area contributed by atoms with E-state index in [4.69, 9.17) is 14.4 Å². The van der Waals surface area contributed by atoms with Crippen LogP contribution in [0, 0.1) is 0 Å². The van der Waals surface area contributed by atoms with Gasteiger partial charge in [0.15, 0.2) is 0 Å². The highest BCUT2D eigenvalue weighted by molar-refractivity contribution is 9.10. The van der Waals surface area contributed by atoms with Crippen molar-refractivity contribution < 1.29 is 14.4 Å². The van der Waals surface area contributed by atoms with E-state index < -0.39 is 7.12 Å². The first kappa shape index (κ1) is 14.0. The van der Waals surface area contributed by atoms with Gasteiger partial charge in [-0.05, 0) is 55.3 Å². The number of aliphatic hydroxyl groups excluding tert-OH is 1. The van der Waals surface area contributed by atoms with Crippen molar-refractivity contribution in [3.05, 3.63) is 22.3 Å². The van der Waals surface area contributed by atoms with Crippen LogP contribution in [0.4, 0.5) is 0 Å². The van der Waals surface area contributed by atoms with Crippen LogP contribution in [0.5, 0.6) is 0 Å². The number of rotatable bonds is 2. The van der Waals surface area contributed by atoms with Crippen molar-refractivity contribution in [2.75, 3.05) is 0 Å². The van der Waals surface area contributed by atoms with E-state index in [1.54, 1.807) is 6.20 Å². The van der Waals surface area contributed by atoms with Gasteiger partial charge in [-0.15, -0.1) is 0 Å². The van der Waals surface area contributed by atoms with E-state index in [9.17, 15) is 0 Å². The molecule has 6 heteroatoms. The minimum atomic E-state index is -0.489. The molecule has 0 unspecified atom stereocenters. The Kier molecular flexibility index (Phi) is 3.57. The average Bonchev–Trinajstić information content (AvgIpc) is 2.47. The molecule has 0 aliphatic carbocycles. The third-order valence-electron chi connectivity index (χ3n) is 3.59. The van der Waals surface area contributed by atoms with Crippen LogP contribution in [0.15, 0.2) is 16.7 Å². The Balaban J connectivity index is 2.30. The van der Waals surface area contributed by atoms with Gasteiger partial charge in [0.05, 0.1) is 23.4 Å². The maximum atomic E-state index is 9.06. The molecule has 0 aromatic carbocycles. The maximum Gasteiger partial charge on any atom is 0.515 e. The monoisotopic (exact) mass is 313 g/mol. The lowest BCUT2D eigenvalue weighted by molar-refractivity contribution is 0.00578. The lowest BCUT2D eigenvalue weighted by atomic mass is 9.84. The summed E-state index contributed by atoms with van der Waals surface area (Å²) in [5, 5.41) is 9.06. The lowest BCUT2D eigenvalue weighted by Gasteiger charge is -2.32. The molecule has 1 aliphatic heterocycles.